The quantitative estimate of drug-likeness (QED) is 0.334. The van der Waals surface area contributed by atoms with E-state index in [1.807, 2.05) is 0 Å². The van der Waals surface area contributed by atoms with Crippen LogP contribution in [0.1, 0.15) is 5.56 Å². The molecule has 0 aromatic heterocycles. The summed E-state index contributed by atoms with van der Waals surface area (Å²) in [5.41, 5.74) is 9.22. The third kappa shape index (κ3) is 3.23. The molecular weight excluding hydrogens is 244 g/mol. The van der Waals surface area contributed by atoms with Crippen molar-refractivity contribution >= 4 is 23.5 Å². The summed E-state index contributed by atoms with van der Waals surface area (Å²) in [7, 11) is 0. The van der Waals surface area contributed by atoms with Gasteiger partial charge in [-0.3, -0.25) is 20.2 Å². The van der Waals surface area contributed by atoms with Crippen molar-refractivity contribution in [2.45, 2.75) is 0 Å². The summed E-state index contributed by atoms with van der Waals surface area (Å²) in [5, 5.41) is 27.9. The second kappa shape index (κ2) is 5.34. The van der Waals surface area contributed by atoms with Gasteiger partial charge in [-0.05, 0) is 6.07 Å². The molecule has 94 valence electrons. The average molecular weight is 252 g/mol. The predicted octanol–water partition coefficient (Wildman–Crippen LogP) is 0.110. The van der Waals surface area contributed by atoms with Crippen LogP contribution in [0.2, 0.25) is 0 Å². The van der Waals surface area contributed by atoms with Crippen LogP contribution in [0, 0.1) is 20.2 Å². The monoisotopic (exact) mass is 252 g/mol. The van der Waals surface area contributed by atoms with E-state index >= 15 is 0 Å². The first-order valence-electron chi connectivity index (χ1n) is 4.46. The molecule has 1 rings (SSSR count). The first-order valence-corrected chi connectivity index (χ1v) is 4.46. The number of hydrogen-bond acceptors (Lipinski definition) is 6. The molecule has 0 saturated carbocycles. The summed E-state index contributed by atoms with van der Waals surface area (Å²) in [6, 6.07) is 3.13. The number of benzene rings is 1. The molecule has 0 radical (unpaired) electrons. The zero-order chi connectivity index (χ0) is 13.7. The summed E-state index contributed by atoms with van der Waals surface area (Å²) >= 11 is 0. The second-order valence-electron chi connectivity index (χ2n) is 3.03. The number of nitrogens with two attached hydrogens (primary N) is 2. The molecule has 0 atom stereocenters. The Morgan fingerprint density at radius 3 is 2.39 bits per heavy atom. The standard InChI is InChI=1S/C8H8N6O4/c9-8(10)12-11-4-5-1-2-6(13(15)16)3-7(5)14(17)18/h1-4H,(H4,9,10,12). The van der Waals surface area contributed by atoms with Gasteiger partial charge in [0.25, 0.3) is 11.4 Å². The Labute approximate surface area is 99.9 Å². The molecule has 4 N–H and O–H groups in total. The third-order valence-electron chi connectivity index (χ3n) is 1.79. The van der Waals surface area contributed by atoms with Crippen LogP contribution in [0.5, 0.6) is 0 Å². The molecule has 0 aliphatic carbocycles. The molecule has 10 heteroatoms. The molecule has 0 spiro atoms. The van der Waals surface area contributed by atoms with Gasteiger partial charge in [0, 0.05) is 6.07 Å². The Hall–Kier alpha value is -3.04. The Kier molecular flexibility index (Phi) is 3.86. The molecule has 1 aromatic rings. The van der Waals surface area contributed by atoms with Crippen molar-refractivity contribution in [2.75, 3.05) is 0 Å². The molecule has 10 nitrogen and oxygen atoms in total. The smallest absolute Gasteiger partial charge is 0.285 e. The molecule has 0 aliphatic heterocycles. The van der Waals surface area contributed by atoms with E-state index in [1.165, 1.54) is 6.07 Å². The maximum absolute atomic E-state index is 10.7. The molecule has 0 saturated heterocycles. The molecule has 0 fully saturated rings. The van der Waals surface area contributed by atoms with Crippen molar-refractivity contribution in [3.63, 3.8) is 0 Å². The first-order chi connectivity index (χ1) is 8.41. The Morgan fingerprint density at radius 2 is 1.89 bits per heavy atom. The predicted molar refractivity (Wildman–Crippen MR) is 63.2 cm³/mol. The van der Waals surface area contributed by atoms with E-state index in [0.29, 0.717) is 0 Å². The van der Waals surface area contributed by atoms with Crippen LogP contribution in [0.25, 0.3) is 0 Å². The van der Waals surface area contributed by atoms with Crippen LogP contribution in [0.4, 0.5) is 11.4 Å². The normalized spacial score (nSPS) is 10.2. The van der Waals surface area contributed by atoms with Gasteiger partial charge in [-0.1, -0.05) is 0 Å². The summed E-state index contributed by atoms with van der Waals surface area (Å²) in [6.07, 6.45) is 1.03. The lowest BCUT2D eigenvalue weighted by Crippen LogP contribution is -2.21. The summed E-state index contributed by atoms with van der Waals surface area (Å²) in [4.78, 5) is 19.7. The lowest BCUT2D eigenvalue weighted by Gasteiger charge is -1.96. The van der Waals surface area contributed by atoms with E-state index in [9.17, 15) is 20.2 Å². The van der Waals surface area contributed by atoms with Gasteiger partial charge in [-0.15, -0.1) is 5.10 Å². The highest BCUT2D eigenvalue weighted by Gasteiger charge is 2.17. The minimum Gasteiger partial charge on any atom is -0.369 e. The highest BCUT2D eigenvalue weighted by atomic mass is 16.6. The fraction of sp³-hybridized carbons (Fsp3) is 0. The molecule has 18 heavy (non-hydrogen) atoms. The largest absolute Gasteiger partial charge is 0.369 e. The fourth-order valence-electron chi connectivity index (χ4n) is 1.07. The van der Waals surface area contributed by atoms with Crippen LogP contribution in [-0.2, 0) is 0 Å². The number of nitrogens with zero attached hydrogens (tertiary/aromatic N) is 4. The SMILES string of the molecule is NC(N)=NN=Cc1ccc([N+](=O)[O-])cc1[N+](=O)[O-]. The fourth-order valence-corrected chi connectivity index (χ4v) is 1.07. The summed E-state index contributed by atoms with van der Waals surface area (Å²) in [6.45, 7) is 0. The number of rotatable bonds is 4. The lowest BCUT2D eigenvalue weighted by molar-refractivity contribution is -0.394. The molecule has 0 amide bonds. The minimum atomic E-state index is -0.760. The van der Waals surface area contributed by atoms with Gasteiger partial charge in [0.2, 0.25) is 5.96 Å². The van der Waals surface area contributed by atoms with Crippen molar-refractivity contribution in [3.05, 3.63) is 44.0 Å². The third-order valence-corrected chi connectivity index (χ3v) is 1.79. The number of guanidine groups is 1. The summed E-state index contributed by atoms with van der Waals surface area (Å²) in [5.74, 6) is -0.309. The Balaban J connectivity index is 3.20. The van der Waals surface area contributed by atoms with Crippen molar-refractivity contribution in [3.8, 4) is 0 Å². The van der Waals surface area contributed by atoms with Crippen LogP contribution < -0.4 is 11.5 Å². The Bertz CT molecular complexity index is 549. The van der Waals surface area contributed by atoms with Gasteiger partial charge < -0.3 is 11.5 Å². The number of non-ortho nitro benzene ring substituents is 1. The van der Waals surface area contributed by atoms with E-state index < -0.39 is 15.5 Å². The van der Waals surface area contributed by atoms with Crippen LogP contribution >= 0.6 is 0 Å². The zero-order valence-corrected chi connectivity index (χ0v) is 8.89. The maximum Gasteiger partial charge on any atom is 0.285 e. The van der Waals surface area contributed by atoms with Crippen LogP contribution in [0.15, 0.2) is 28.4 Å². The van der Waals surface area contributed by atoms with Crippen LogP contribution in [0.3, 0.4) is 0 Å². The topological polar surface area (TPSA) is 163 Å². The minimum absolute atomic E-state index is 0.0515. The van der Waals surface area contributed by atoms with Crippen molar-refractivity contribution in [2.24, 2.45) is 21.7 Å². The van der Waals surface area contributed by atoms with Gasteiger partial charge >= 0.3 is 0 Å². The van der Waals surface area contributed by atoms with E-state index in [-0.39, 0.29) is 17.2 Å². The number of nitro benzene ring substituents is 2. The molecule has 0 unspecified atom stereocenters. The van der Waals surface area contributed by atoms with E-state index in [2.05, 4.69) is 10.2 Å². The van der Waals surface area contributed by atoms with E-state index in [1.54, 1.807) is 0 Å². The molecule has 0 heterocycles. The maximum atomic E-state index is 10.7. The van der Waals surface area contributed by atoms with Gasteiger partial charge in [0.05, 0.1) is 27.7 Å². The number of nitro groups is 2. The van der Waals surface area contributed by atoms with Crippen molar-refractivity contribution in [1.82, 2.24) is 0 Å². The van der Waals surface area contributed by atoms with E-state index in [4.69, 9.17) is 11.5 Å². The highest BCUT2D eigenvalue weighted by Crippen LogP contribution is 2.23. The second-order valence-corrected chi connectivity index (χ2v) is 3.03. The molecule has 0 aliphatic rings. The highest BCUT2D eigenvalue weighted by molar-refractivity contribution is 5.86. The van der Waals surface area contributed by atoms with Gasteiger partial charge in [-0.25, -0.2) is 0 Å². The average Bonchev–Trinajstić information content (AvgIpc) is 2.28. The van der Waals surface area contributed by atoms with Crippen molar-refractivity contribution in [1.29, 1.82) is 0 Å². The zero-order valence-electron chi connectivity index (χ0n) is 8.89. The lowest BCUT2D eigenvalue weighted by atomic mass is 10.2. The molecular formula is C8H8N6O4. The molecule has 1 aromatic carbocycles. The van der Waals surface area contributed by atoms with Crippen molar-refractivity contribution < 1.29 is 9.85 Å². The van der Waals surface area contributed by atoms with Gasteiger partial charge in [0.15, 0.2) is 0 Å². The van der Waals surface area contributed by atoms with Gasteiger partial charge in [-0.2, -0.15) is 5.10 Å². The summed E-state index contributed by atoms with van der Waals surface area (Å²) < 4.78 is 0. The number of hydrogen-bond donors (Lipinski definition) is 2. The van der Waals surface area contributed by atoms with E-state index in [0.717, 1.165) is 18.3 Å². The van der Waals surface area contributed by atoms with Gasteiger partial charge in [0.1, 0.15) is 0 Å². The Morgan fingerprint density at radius 1 is 1.22 bits per heavy atom. The molecule has 0 bridgehead atoms. The van der Waals surface area contributed by atoms with Crippen LogP contribution in [-0.4, -0.2) is 22.0 Å². The first kappa shape index (κ1) is 13.0.